The van der Waals surface area contributed by atoms with Crippen molar-refractivity contribution in [1.82, 2.24) is 19.1 Å². The molecule has 0 radical (unpaired) electrons. The lowest BCUT2D eigenvalue weighted by atomic mass is 10.0. The molecule has 2 aromatic rings. The molecular formula is C20H26FN5O2S. The summed E-state index contributed by atoms with van der Waals surface area (Å²) in [5.41, 5.74) is 1.47. The summed E-state index contributed by atoms with van der Waals surface area (Å²) in [5, 5.41) is 7.74. The van der Waals surface area contributed by atoms with Gasteiger partial charge in [0.05, 0.1) is 5.75 Å². The van der Waals surface area contributed by atoms with Crippen LogP contribution in [-0.2, 0) is 16.6 Å². The highest BCUT2D eigenvalue weighted by Crippen LogP contribution is 2.52. The van der Waals surface area contributed by atoms with Crippen molar-refractivity contribution in [3.8, 4) is 0 Å². The van der Waals surface area contributed by atoms with Gasteiger partial charge in [0.1, 0.15) is 18.5 Å². The average Bonchev–Trinajstić information content (AvgIpc) is 3.24. The number of hydrogen-bond acceptors (Lipinski definition) is 5. The number of hydrogen-bond donors (Lipinski definition) is 0. The molecule has 3 aliphatic rings. The standard InChI is InChI=1S/C20H26FN5O2S/c21-19-11-18(24-8-3-17(4-9-24)25-14-22-23-15-25)2-1-16(19)12-26-13-20(5-6-20)7-10-29(26,27)28/h1-2,11,14-15,17H,3-10,12-13H2. The van der Waals surface area contributed by atoms with Gasteiger partial charge in [0.25, 0.3) is 0 Å². The number of aromatic nitrogens is 3. The molecule has 1 saturated carbocycles. The predicted octanol–water partition coefficient (Wildman–Crippen LogP) is 2.57. The second kappa shape index (κ2) is 7.05. The molecule has 0 bridgehead atoms. The molecule has 5 rings (SSSR count). The van der Waals surface area contributed by atoms with E-state index < -0.39 is 10.0 Å². The second-order valence-electron chi connectivity index (χ2n) is 8.74. The maximum atomic E-state index is 14.9. The van der Waals surface area contributed by atoms with Gasteiger partial charge in [-0.05, 0) is 49.7 Å². The van der Waals surface area contributed by atoms with Crippen molar-refractivity contribution in [2.45, 2.75) is 44.7 Å². The lowest BCUT2D eigenvalue weighted by Crippen LogP contribution is -2.42. The van der Waals surface area contributed by atoms with Gasteiger partial charge in [-0.3, -0.25) is 0 Å². The third-order valence-corrected chi connectivity index (χ3v) is 8.59. The van der Waals surface area contributed by atoms with E-state index in [1.54, 1.807) is 24.8 Å². The molecule has 7 nitrogen and oxygen atoms in total. The zero-order valence-electron chi connectivity index (χ0n) is 16.4. The van der Waals surface area contributed by atoms with Crippen LogP contribution in [0.5, 0.6) is 0 Å². The quantitative estimate of drug-likeness (QED) is 0.762. The number of anilines is 1. The molecule has 2 aliphatic heterocycles. The summed E-state index contributed by atoms with van der Waals surface area (Å²) in [5.74, 6) is -0.136. The molecule has 0 unspecified atom stereocenters. The highest BCUT2D eigenvalue weighted by Gasteiger charge is 2.49. The largest absolute Gasteiger partial charge is 0.371 e. The second-order valence-corrected chi connectivity index (χ2v) is 10.8. The fourth-order valence-electron chi connectivity index (χ4n) is 4.64. The minimum atomic E-state index is -3.28. The van der Waals surface area contributed by atoms with Gasteiger partial charge in [-0.2, -0.15) is 4.31 Å². The van der Waals surface area contributed by atoms with Gasteiger partial charge in [-0.15, -0.1) is 10.2 Å². The van der Waals surface area contributed by atoms with Gasteiger partial charge in [-0.1, -0.05) is 6.07 Å². The van der Waals surface area contributed by atoms with E-state index in [9.17, 15) is 12.8 Å². The highest BCUT2D eigenvalue weighted by molar-refractivity contribution is 7.89. The van der Waals surface area contributed by atoms with Crippen LogP contribution in [0, 0.1) is 11.2 Å². The molecule has 2 saturated heterocycles. The number of sulfonamides is 1. The van der Waals surface area contributed by atoms with Crippen molar-refractivity contribution >= 4 is 15.7 Å². The zero-order valence-corrected chi connectivity index (χ0v) is 17.2. The van der Waals surface area contributed by atoms with Crippen LogP contribution in [0.15, 0.2) is 30.9 Å². The van der Waals surface area contributed by atoms with Crippen LogP contribution >= 0.6 is 0 Å². The number of halogens is 1. The monoisotopic (exact) mass is 419 g/mol. The highest BCUT2D eigenvalue weighted by atomic mass is 32.2. The van der Waals surface area contributed by atoms with E-state index in [1.807, 2.05) is 10.6 Å². The molecule has 1 spiro atoms. The Labute approximate surface area is 170 Å². The maximum absolute atomic E-state index is 14.9. The number of piperidine rings is 1. The Morgan fingerprint density at radius 1 is 1.10 bits per heavy atom. The molecule has 3 fully saturated rings. The van der Waals surface area contributed by atoms with Gasteiger partial charge in [-0.25, -0.2) is 12.8 Å². The molecule has 29 heavy (non-hydrogen) atoms. The molecule has 1 aliphatic carbocycles. The Kier molecular flexibility index (Phi) is 4.62. The van der Waals surface area contributed by atoms with Crippen molar-refractivity contribution in [3.05, 3.63) is 42.2 Å². The van der Waals surface area contributed by atoms with E-state index >= 15 is 0 Å². The van der Waals surface area contributed by atoms with Crippen molar-refractivity contribution in [2.24, 2.45) is 5.41 Å². The predicted molar refractivity (Wildman–Crippen MR) is 107 cm³/mol. The van der Waals surface area contributed by atoms with Crippen molar-refractivity contribution in [3.63, 3.8) is 0 Å². The van der Waals surface area contributed by atoms with Gasteiger partial charge < -0.3 is 9.47 Å². The summed E-state index contributed by atoms with van der Waals surface area (Å²) in [6.07, 6.45) is 8.32. The first-order chi connectivity index (χ1) is 13.9. The molecule has 9 heteroatoms. The van der Waals surface area contributed by atoms with Crippen molar-refractivity contribution in [2.75, 3.05) is 30.3 Å². The summed E-state index contributed by atoms with van der Waals surface area (Å²) in [6, 6.07) is 5.60. The van der Waals surface area contributed by atoms with E-state index in [4.69, 9.17) is 0 Å². The molecular weight excluding hydrogens is 393 g/mol. The summed E-state index contributed by atoms with van der Waals surface area (Å²) >= 11 is 0. The van der Waals surface area contributed by atoms with Crippen LogP contribution < -0.4 is 4.90 Å². The molecule has 0 amide bonds. The Morgan fingerprint density at radius 2 is 1.83 bits per heavy atom. The van der Waals surface area contributed by atoms with E-state index in [0.717, 1.165) is 50.9 Å². The molecule has 156 valence electrons. The third-order valence-electron chi connectivity index (χ3n) is 6.82. The minimum Gasteiger partial charge on any atom is -0.371 e. The van der Waals surface area contributed by atoms with Crippen LogP contribution in [0.1, 0.15) is 43.7 Å². The topological polar surface area (TPSA) is 71.3 Å². The van der Waals surface area contributed by atoms with E-state index in [2.05, 4.69) is 15.1 Å². The number of rotatable bonds is 4. The summed E-state index contributed by atoms with van der Waals surface area (Å²) in [7, 11) is -3.28. The first-order valence-electron chi connectivity index (χ1n) is 10.3. The third kappa shape index (κ3) is 3.77. The molecule has 0 N–H and O–H groups in total. The summed E-state index contributed by atoms with van der Waals surface area (Å²) in [4.78, 5) is 2.19. The number of benzene rings is 1. The Balaban J connectivity index is 1.26. The molecule has 0 atom stereocenters. The van der Waals surface area contributed by atoms with Crippen molar-refractivity contribution in [1.29, 1.82) is 0 Å². The normalized spacial score (nSPS) is 24.1. The van der Waals surface area contributed by atoms with E-state index in [0.29, 0.717) is 18.2 Å². The van der Waals surface area contributed by atoms with Crippen LogP contribution in [0.25, 0.3) is 0 Å². The van der Waals surface area contributed by atoms with Gasteiger partial charge in [0.15, 0.2) is 0 Å². The van der Waals surface area contributed by atoms with Gasteiger partial charge >= 0.3 is 0 Å². The number of nitrogens with zero attached hydrogens (tertiary/aromatic N) is 5. The first-order valence-corrected chi connectivity index (χ1v) is 11.9. The van der Waals surface area contributed by atoms with E-state index in [1.165, 1.54) is 4.31 Å². The lowest BCUT2D eigenvalue weighted by molar-refractivity contribution is 0.288. The van der Waals surface area contributed by atoms with E-state index in [-0.39, 0.29) is 23.5 Å². The van der Waals surface area contributed by atoms with Crippen LogP contribution in [0.2, 0.25) is 0 Å². The van der Waals surface area contributed by atoms with Gasteiger partial charge in [0, 0.05) is 43.5 Å². The fraction of sp³-hybridized carbons (Fsp3) is 0.600. The lowest BCUT2D eigenvalue weighted by Gasteiger charge is -2.34. The smallest absolute Gasteiger partial charge is 0.214 e. The Morgan fingerprint density at radius 3 is 2.48 bits per heavy atom. The fourth-order valence-corrected chi connectivity index (χ4v) is 6.39. The maximum Gasteiger partial charge on any atom is 0.214 e. The van der Waals surface area contributed by atoms with Crippen LogP contribution in [0.3, 0.4) is 0 Å². The van der Waals surface area contributed by atoms with Crippen LogP contribution in [0.4, 0.5) is 10.1 Å². The minimum absolute atomic E-state index is 0.131. The molecule has 1 aromatic carbocycles. The molecule has 1 aromatic heterocycles. The van der Waals surface area contributed by atoms with Gasteiger partial charge in [0.2, 0.25) is 10.0 Å². The Hall–Kier alpha value is -2.00. The zero-order chi connectivity index (χ0) is 20.1. The average molecular weight is 420 g/mol. The SMILES string of the molecule is O=S1(=O)CCC2(CC2)CN1Cc1ccc(N2CCC(n3cnnc3)CC2)cc1F. The molecule has 3 heterocycles. The summed E-state index contributed by atoms with van der Waals surface area (Å²) in [6.45, 7) is 2.34. The van der Waals surface area contributed by atoms with Crippen LogP contribution in [-0.4, -0.2) is 52.9 Å². The first kappa shape index (κ1) is 19.0. The Bertz CT molecular complexity index is 982. The van der Waals surface area contributed by atoms with Crippen molar-refractivity contribution < 1.29 is 12.8 Å². The summed E-state index contributed by atoms with van der Waals surface area (Å²) < 4.78 is 43.3.